The van der Waals surface area contributed by atoms with Crippen molar-refractivity contribution in [2.45, 2.75) is 33.3 Å². The van der Waals surface area contributed by atoms with Gasteiger partial charge in [0.05, 0.1) is 5.02 Å². The molecule has 0 aliphatic heterocycles. The van der Waals surface area contributed by atoms with Gasteiger partial charge in [-0.25, -0.2) is 0 Å². The number of carbonyl (C=O) groups excluding carboxylic acids is 1. The Balaban J connectivity index is 2.54. The fourth-order valence-electron chi connectivity index (χ4n) is 1.38. The number of ether oxygens (including phenoxy) is 1. The molecular formula is C14H19Cl2NO2. The van der Waals surface area contributed by atoms with Crippen molar-refractivity contribution in [1.82, 2.24) is 5.32 Å². The molecular weight excluding hydrogens is 285 g/mol. The van der Waals surface area contributed by atoms with E-state index >= 15 is 0 Å². The maximum Gasteiger partial charge on any atom is 0.260 e. The Bertz CT molecular complexity index is 437. The van der Waals surface area contributed by atoms with Gasteiger partial charge in [0.15, 0.2) is 6.10 Å². The molecule has 0 radical (unpaired) electrons. The Labute approximate surface area is 124 Å². The van der Waals surface area contributed by atoms with Gasteiger partial charge in [0.2, 0.25) is 0 Å². The Hall–Kier alpha value is -0.930. The van der Waals surface area contributed by atoms with Crippen LogP contribution >= 0.6 is 23.2 Å². The summed E-state index contributed by atoms with van der Waals surface area (Å²) in [6.07, 6.45) is 0.432. The van der Waals surface area contributed by atoms with Crippen LogP contribution in [0.1, 0.15) is 27.2 Å². The van der Waals surface area contributed by atoms with Crippen LogP contribution in [0.2, 0.25) is 10.0 Å². The molecule has 0 saturated carbocycles. The van der Waals surface area contributed by atoms with Gasteiger partial charge in [-0.3, -0.25) is 4.79 Å². The first kappa shape index (κ1) is 16.1. The molecule has 0 saturated heterocycles. The van der Waals surface area contributed by atoms with Crippen LogP contribution in [-0.4, -0.2) is 18.6 Å². The fraction of sp³-hybridized carbons (Fsp3) is 0.500. The summed E-state index contributed by atoms with van der Waals surface area (Å²) >= 11 is 11.8. The van der Waals surface area contributed by atoms with Gasteiger partial charge in [-0.1, -0.05) is 43.5 Å². The molecule has 2 atom stereocenters. The molecule has 0 spiro atoms. The van der Waals surface area contributed by atoms with E-state index in [1.807, 2.05) is 0 Å². The minimum absolute atomic E-state index is 0.147. The molecule has 1 N–H and O–H groups in total. The molecule has 0 fully saturated rings. The number of hydrogen-bond donors (Lipinski definition) is 1. The summed E-state index contributed by atoms with van der Waals surface area (Å²) in [6.45, 7) is 6.51. The standard InChI is InChI=1S/C14H19Cl2NO2/c1-4-9(2)8-17-14(18)10(3)19-13-6-5-11(15)7-12(13)16/h5-7,9-10H,4,8H2,1-3H3,(H,17,18)/t9-,10+/m1/s1. The van der Waals surface area contributed by atoms with Gasteiger partial charge < -0.3 is 10.1 Å². The van der Waals surface area contributed by atoms with E-state index in [1.54, 1.807) is 25.1 Å². The minimum Gasteiger partial charge on any atom is -0.479 e. The van der Waals surface area contributed by atoms with Crippen LogP contribution in [0.25, 0.3) is 0 Å². The predicted octanol–water partition coefficient (Wildman–Crippen LogP) is 3.92. The summed E-state index contributed by atoms with van der Waals surface area (Å²) in [5.41, 5.74) is 0. The second-order valence-electron chi connectivity index (χ2n) is 4.59. The lowest BCUT2D eigenvalue weighted by Crippen LogP contribution is -2.38. The van der Waals surface area contributed by atoms with Crippen LogP contribution in [0.3, 0.4) is 0 Å². The summed E-state index contributed by atoms with van der Waals surface area (Å²) in [5.74, 6) is 0.763. The highest BCUT2D eigenvalue weighted by Crippen LogP contribution is 2.28. The fourth-order valence-corrected chi connectivity index (χ4v) is 1.83. The Kier molecular flexibility index (Phi) is 6.46. The van der Waals surface area contributed by atoms with Crippen molar-refractivity contribution < 1.29 is 9.53 Å². The van der Waals surface area contributed by atoms with E-state index in [0.29, 0.717) is 28.3 Å². The van der Waals surface area contributed by atoms with E-state index in [2.05, 4.69) is 19.2 Å². The number of rotatable bonds is 6. The monoisotopic (exact) mass is 303 g/mol. The van der Waals surface area contributed by atoms with Crippen LogP contribution in [0, 0.1) is 5.92 Å². The zero-order valence-electron chi connectivity index (χ0n) is 11.4. The van der Waals surface area contributed by atoms with E-state index in [0.717, 1.165) is 6.42 Å². The highest BCUT2D eigenvalue weighted by Gasteiger charge is 2.16. The minimum atomic E-state index is -0.595. The van der Waals surface area contributed by atoms with Crippen molar-refractivity contribution in [2.75, 3.05) is 6.54 Å². The number of benzene rings is 1. The second-order valence-corrected chi connectivity index (χ2v) is 5.44. The second kappa shape index (κ2) is 7.61. The highest BCUT2D eigenvalue weighted by atomic mass is 35.5. The molecule has 1 aromatic rings. The molecule has 0 aromatic heterocycles. The van der Waals surface area contributed by atoms with Crippen molar-refractivity contribution in [2.24, 2.45) is 5.92 Å². The topological polar surface area (TPSA) is 38.3 Å². The Morgan fingerprint density at radius 3 is 2.63 bits per heavy atom. The van der Waals surface area contributed by atoms with Crippen LogP contribution < -0.4 is 10.1 Å². The quantitative estimate of drug-likeness (QED) is 0.865. The van der Waals surface area contributed by atoms with Crippen LogP contribution in [0.15, 0.2) is 18.2 Å². The van der Waals surface area contributed by atoms with Crippen molar-refractivity contribution in [1.29, 1.82) is 0 Å². The summed E-state index contributed by atoms with van der Waals surface area (Å²) in [5, 5.41) is 3.78. The van der Waals surface area contributed by atoms with Crippen molar-refractivity contribution in [3.05, 3.63) is 28.2 Å². The zero-order valence-corrected chi connectivity index (χ0v) is 12.9. The summed E-state index contributed by atoms with van der Waals surface area (Å²) in [6, 6.07) is 4.91. The molecule has 0 unspecified atom stereocenters. The predicted molar refractivity (Wildman–Crippen MR) is 79.0 cm³/mol. The lowest BCUT2D eigenvalue weighted by atomic mass is 10.1. The van der Waals surface area contributed by atoms with E-state index in [-0.39, 0.29) is 5.91 Å². The molecule has 0 heterocycles. The number of amides is 1. The van der Waals surface area contributed by atoms with Crippen LogP contribution in [0.5, 0.6) is 5.75 Å². The van der Waals surface area contributed by atoms with Crippen molar-refractivity contribution in [3.63, 3.8) is 0 Å². The molecule has 1 amide bonds. The first-order valence-corrected chi connectivity index (χ1v) is 7.09. The molecule has 1 rings (SSSR count). The van der Waals surface area contributed by atoms with Gasteiger partial charge >= 0.3 is 0 Å². The molecule has 0 aliphatic rings. The van der Waals surface area contributed by atoms with E-state index < -0.39 is 6.10 Å². The molecule has 0 bridgehead atoms. The van der Waals surface area contributed by atoms with Gasteiger partial charge in [-0.2, -0.15) is 0 Å². The first-order chi connectivity index (χ1) is 8.93. The third-order valence-corrected chi connectivity index (χ3v) is 3.42. The SMILES string of the molecule is CC[C@@H](C)CNC(=O)[C@H](C)Oc1ccc(Cl)cc1Cl. The van der Waals surface area contributed by atoms with E-state index in [1.165, 1.54) is 0 Å². The maximum absolute atomic E-state index is 11.8. The smallest absolute Gasteiger partial charge is 0.260 e. The van der Waals surface area contributed by atoms with E-state index in [9.17, 15) is 4.79 Å². The summed E-state index contributed by atoms with van der Waals surface area (Å²) < 4.78 is 5.53. The highest BCUT2D eigenvalue weighted by molar-refractivity contribution is 6.35. The van der Waals surface area contributed by atoms with Gasteiger partial charge in [0.1, 0.15) is 5.75 Å². The third-order valence-electron chi connectivity index (χ3n) is 2.89. The largest absolute Gasteiger partial charge is 0.479 e. The average Bonchev–Trinajstić information content (AvgIpc) is 2.38. The van der Waals surface area contributed by atoms with Crippen LogP contribution in [-0.2, 0) is 4.79 Å². The van der Waals surface area contributed by atoms with Gasteiger partial charge in [0.25, 0.3) is 5.91 Å². The molecule has 5 heteroatoms. The first-order valence-electron chi connectivity index (χ1n) is 6.33. The lowest BCUT2D eigenvalue weighted by molar-refractivity contribution is -0.127. The van der Waals surface area contributed by atoms with Gasteiger partial charge in [-0.15, -0.1) is 0 Å². The number of hydrogen-bond acceptors (Lipinski definition) is 2. The molecule has 106 valence electrons. The zero-order chi connectivity index (χ0) is 14.4. The number of carbonyl (C=O) groups is 1. The number of halogens is 2. The molecule has 1 aromatic carbocycles. The normalized spacial score (nSPS) is 13.7. The number of nitrogens with one attached hydrogen (secondary N) is 1. The third kappa shape index (κ3) is 5.29. The van der Waals surface area contributed by atoms with Crippen LogP contribution in [0.4, 0.5) is 0 Å². The van der Waals surface area contributed by atoms with Crippen molar-refractivity contribution in [3.8, 4) is 5.75 Å². The maximum atomic E-state index is 11.8. The van der Waals surface area contributed by atoms with Crippen molar-refractivity contribution >= 4 is 29.1 Å². The van der Waals surface area contributed by atoms with Gasteiger partial charge in [-0.05, 0) is 31.0 Å². The summed E-state index contributed by atoms with van der Waals surface area (Å²) in [7, 11) is 0. The lowest BCUT2D eigenvalue weighted by Gasteiger charge is -2.17. The average molecular weight is 304 g/mol. The Morgan fingerprint density at radius 2 is 2.05 bits per heavy atom. The summed E-state index contributed by atoms with van der Waals surface area (Å²) in [4.78, 5) is 11.8. The molecule has 0 aliphatic carbocycles. The van der Waals surface area contributed by atoms with Gasteiger partial charge in [0, 0.05) is 11.6 Å². The Morgan fingerprint density at radius 1 is 1.37 bits per heavy atom. The molecule has 19 heavy (non-hydrogen) atoms. The molecule has 3 nitrogen and oxygen atoms in total. The van der Waals surface area contributed by atoms with E-state index in [4.69, 9.17) is 27.9 Å².